The largest absolute Gasteiger partial charge is 0.481 e. The number of aryl methyl sites for hydroxylation is 2. The Hall–Kier alpha value is -1.71. The van der Waals surface area contributed by atoms with Crippen LogP contribution in [0.3, 0.4) is 0 Å². The third-order valence-corrected chi connectivity index (χ3v) is 4.36. The molecule has 0 spiro atoms. The highest BCUT2D eigenvalue weighted by Crippen LogP contribution is 2.26. The fourth-order valence-electron chi connectivity index (χ4n) is 2.18. The quantitative estimate of drug-likeness (QED) is 0.808. The van der Waals surface area contributed by atoms with Gasteiger partial charge in [0.25, 0.3) is 5.91 Å². The first kappa shape index (κ1) is 17.6. The van der Waals surface area contributed by atoms with Crippen LogP contribution in [0.15, 0.2) is 30.3 Å². The van der Waals surface area contributed by atoms with Crippen LogP contribution >= 0.6 is 23.2 Å². The molecule has 0 fully saturated rings. The number of anilines is 1. The van der Waals surface area contributed by atoms with E-state index in [1.165, 1.54) is 0 Å². The lowest BCUT2D eigenvalue weighted by atomic mass is 10.1. The minimum absolute atomic E-state index is 0.248. The molecule has 3 nitrogen and oxygen atoms in total. The maximum atomic E-state index is 12.3. The molecule has 0 saturated heterocycles. The molecular weight excluding hydrogens is 333 g/mol. The first-order valence-electron chi connectivity index (χ1n) is 7.28. The van der Waals surface area contributed by atoms with Gasteiger partial charge in [-0.1, -0.05) is 29.3 Å². The number of halogens is 2. The van der Waals surface area contributed by atoms with E-state index in [2.05, 4.69) is 11.4 Å². The molecule has 0 saturated carbocycles. The summed E-state index contributed by atoms with van der Waals surface area (Å²) in [5.74, 6) is 0.473. The lowest BCUT2D eigenvalue weighted by molar-refractivity contribution is -0.122. The van der Waals surface area contributed by atoms with Gasteiger partial charge in [0.2, 0.25) is 0 Å². The third-order valence-electron chi connectivity index (χ3n) is 3.62. The predicted octanol–water partition coefficient (Wildman–Crippen LogP) is 5.32. The molecule has 0 radical (unpaired) electrons. The highest BCUT2D eigenvalue weighted by Gasteiger charge is 2.17. The number of nitrogens with one attached hydrogen (secondary N) is 1. The molecule has 2 rings (SSSR count). The summed E-state index contributed by atoms with van der Waals surface area (Å²) in [5, 5.41) is 3.61. The monoisotopic (exact) mass is 351 g/mol. The molecule has 2 aromatic carbocycles. The summed E-state index contributed by atoms with van der Waals surface area (Å²) < 4.78 is 5.82. The molecule has 2 aromatic rings. The lowest BCUT2D eigenvalue weighted by Gasteiger charge is -2.18. The van der Waals surface area contributed by atoms with Crippen molar-refractivity contribution in [2.24, 2.45) is 0 Å². The number of carbonyl (C=O) groups is 1. The first-order valence-corrected chi connectivity index (χ1v) is 8.04. The number of amides is 1. The first-order chi connectivity index (χ1) is 10.8. The van der Waals surface area contributed by atoms with Crippen LogP contribution in [0.25, 0.3) is 0 Å². The van der Waals surface area contributed by atoms with Gasteiger partial charge in [-0.3, -0.25) is 4.79 Å². The number of hydrogen-bond acceptors (Lipinski definition) is 2. The molecule has 0 heterocycles. The van der Waals surface area contributed by atoms with Gasteiger partial charge in [0.15, 0.2) is 6.10 Å². The molecule has 1 atom stereocenters. The summed E-state index contributed by atoms with van der Waals surface area (Å²) in [7, 11) is 0. The Bertz CT molecular complexity index is 744. The average Bonchev–Trinajstić information content (AvgIpc) is 2.48. The van der Waals surface area contributed by atoms with Crippen molar-refractivity contribution in [1.82, 2.24) is 0 Å². The van der Waals surface area contributed by atoms with Crippen molar-refractivity contribution in [3.05, 3.63) is 57.1 Å². The molecule has 0 aromatic heterocycles. The zero-order valence-corrected chi connectivity index (χ0v) is 15.0. The second-order valence-corrected chi connectivity index (χ2v) is 6.40. The molecule has 0 aliphatic rings. The zero-order chi connectivity index (χ0) is 17.1. The molecule has 1 amide bonds. The average molecular weight is 352 g/mol. The smallest absolute Gasteiger partial charge is 0.265 e. The van der Waals surface area contributed by atoms with Crippen LogP contribution in [0.4, 0.5) is 5.69 Å². The standard InChI is InChI=1S/C18H19Cl2NO2/c1-10-7-11(2)12(3)17(8-10)23-13(4)18(22)21-14-5-6-15(19)16(20)9-14/h5-9,13H,1-4H3,(H,21,22)/t13-/m1/s1. The minimum Gasteiger partial charge on any atom is -0.481 e. The zero-order valence-electron chi connectivity index (χ0n) is 13.5. The SMILES string of the molecule is Cc1cc(C)c(C)c(O[C@H](C)C(=O)Nc2ccc(Cl)c(Cl)c2)c1. The Morgan fingerprint density at radius 3 is 2.43 bits per heavy atom. The second-order valence-electron chi connectivity index (χ2n) is 5.58. The van der Waals surface area contributed by atoms with E-state index in [0.29, 0.717) is 15.7 Å². The van der Waals surface area contributed by atoms with Crippen LogP contribution in [0, 0.1) is 20.8 Å². The Kier molecular flexibility index (Phi) is 5.55. The fourth-order valence-corrected chi connectivity index (χ4v) is 2.48. The number of ether oxygens (including phenoxy) is 1. The number of hydrogen-bond donors (Lipinski definition) is 1. The van der Waals surface area contributed by atoms with Crippen LogP contribution in [-0.2, 0) is 4.79 Å². The van der Waals surface area contributed by atoms with Crippen molar-refractivity contribution in [2.45, 2.75) is 33.8 Å². The van der Waals surface area contributed by atoms with Crippen molar-refractivity contribution in [1.29, 1.82) is 0 Å². The van der Waals surface area contributed by atoms with Crippen molar-refractivity contribution >= 4 is 34.8 Å². The summed E-state index contributed by atoms with van der Waals surface area (Å²) in [6.07, 6.45) is -0.635. The topological polar surface area (TPSA) is 38.3 Å². The molecule has 1 N–H and O–H groups in total. The van der Waals surface area contributed by atoms with E-state index in [4.69, 9.17) is 27.9 Å². The molecule has 0 bridgehead atoms. The minimum atomic E-state index is -0.635. The van der Waals surface area contributed by atoms with Gasteiger partial charge in [-0.25, -0.2) is 0 Å². The molecule has 23 heavy (non-hydrogen) atoms. The summed E-state index contributed by atoms with van der Waals surface area (Å²) in [4.78, 5) is 12.3. The predicted molar refractivity (Wildman–Crippen MR) is 95.8 cm³/mol. The summed E-state index contributed by atoms with van der Waals surface area (Å²) in [6, 6.07) is 8.96. The summed E-state index contributed by atoms with van der Waals surface area (Å²) >= 11 is 11.8. The molecular formula is C18H19Cl2NO2. The van der Waals surface area contributed by atoms with Crippen molar-refractivity contribution in [2.75, 3.05) is 5.32 Å². The van der Waals surface area contributed by atoms with Gasteiger partial charge in [-0.05, 0) is 68.7 Å². The molecule has 122 valence electrons. The normalized spacial score (nSPS) is 11.9. The van der Waals surface area contributed by atoms with Crippen molar-refractivity contribution < 1.29 is 9.53 Å². The molecule has 0 unspecified atom stereocenters. The second kappa shape index (κ2) is 7.24. The van der Waals surface area contributed by atoms with E-state index in [-0.39, 0.29) is 5.91 Å². The van der Waals surface area contributed by atoms with Crippen LogP contribution in [0.5, 0.6) is 5.75 Å². The van der Waals surface area contributed by atoms with Gasteiger partial charge >= 0.3 is 0 Å². The van der Waals surface area contributed by atoms with Crippen LogP contribution in [0.2, 0.25) is 10.0 Å². The van der Waals surface area contributed by atoms with Gasteiger partial charge in [-0.15, -0.1) is 0 Å². The highest BCUT2D eigenvalue weighted by molar-refractivity contribution is 6.42. The Morgan fingerprint density at radius 1 is 1.09 bits per heavy atom. The van der Waals surface area contributed by atoms with E-state index in [0.717, 1.165) is 22.4 Å². The van der Waals surface area contributed by atoms with Gasteiger partial charge in [0.1, 0.15) is 5.75 Å². The number of benzene rings is 2. The van der Waals surface area contributed by atoms with Crippen molar-refractivity contribution in [3.8, 4) is 5.75 Å². The Balaban J connectivity index is 2.10. The Morgan fingerprint density at radius 2 is 1.78 bits per heavy atom. The van der Waals surface area contributed by atoms with Crippen LogP contribution < -0.4 is 10.1 Å². The van der Waals surface area contributed by atoms with Gasteiger partial charge in [-0.2, -0.15) is 0 Å². The molecule has 5 heteroatoms. The van der Waals surface area contributed by atoms with Crippen LogP contribution in [-0.4, -0.2) is 12.0 Å². The fraction of sp³-hybridized carbons (Fsp3) is 0.278. The highest BCUT2D eigenvalue weighted by atomic mass is 35.5. The molecule has 0 aliphatic heterocycles. The maximum absolute atomic E-state index is 12.3. The third kappa shape index (κ3) is 4.40. The summed E-state index contributed by atoms with van der Waals surface area (Å²) in [5.41, 5.74) is 3.85. The Labute approximate surface area is 146 Å². The van der Waals surface area contributed by atoms with Crippen LogP contribution in [0.1, 0.15) is 23.6 Å². The maximum Gasteiger partial charge on any atom is 0.265 e. The van der Waals surface area contributed by atoms with E-state index in [1.807, 2.05) is 26.8 Å². The number of rotatable bonds is 4. The lowest BCUT2D eigenvalue weighted by Crippen LogP contribution is -2.30. The molecule has 0 aliphatic carbocycles. The van der Waals surface area contributed by atoms with Gasteiger partial charge in [0.05, 0.1) is 10.0 Å². The van der Waals surface area contributed by atoms with Gasteiger partial charge < -0.3 is 10.1 Å². The summed E-state index contributed by atoms with van der Waals surface area (Å²) in [6.45, 7) is 7.72. The van der Waals surface area contributed by atoms with E-state index in [9.17, 15) is 4.79 Å². The van der Waals surface area contributed by atoms with E-state index < -0.39 is 6.10 Å². The number of carbonyl (C=O) groups excluding carboxylic acids is 1. The van der Waals surface area contributed by atoms with E-state index in [1.54, 1.807) is 25.1 Å². The van der Waals surface area contributed by atoms with Gasteiger partial charge in [0, 0.05) is 5.69 Å². The van der Waals surface area contributed by atoms with E-state index >= 15 is 0 Å². The van der Waals surface area contributed by atoms with Crippen molar-refractivity contribution in [3.63, 3.8) is 0 Å².